The number of rotatable bonds is 6. The largest absolute Gasteiger partial charge is 0.504 e. The topological polar surface area (TPSA) is 95.2 Å². The highest BCUT2D eigenvalue weighted by molar-refractivity contribution is 5.86. The summed E-state index contributed by atoms with van der Waals surface area (Å²) in [4.78, 5) is 22.4. The van der Waals surface area contributed by atoms with E-state index in [9.17, 15) is 14.7 Å². The molecule has 0 bridgehead atoms. The van der Waals surface area contributed by atoms with Gasteiger partial charge in [0.2, 0.25) is 5.75 Å². The zero-order valence-electron chi connectivity index (χ0n) is 12.3. The molecule has 2 aromatic rings. The predicted octanol–water partition coefficient (Wildman–Crippen LogP) is 1.84. The molecule has 7 nitrogen and oxygen atoms in total. The molecule has 22 heavy (non-hydrogen) atoms. The van der Waals surface area contributed by atoms with Crippen LogP contribution in [0.3, 0.4) is 0 Å². The third kappa shape index (κ3) is 3.49. The third-order valence-electron chi connectivity index (χ3n) is 2.76. The highest BCUT2D eigenvalue weighted by Gasteiger charge is 2.15. The molecular formula is C15H16O7. The summed E-state index contributed by atoms with van der Waals surface area (Å²) in [6.45, 7) is 3.53. The molecule has 0 atom stereocenters. The molecule has 0 aliphatic heterocycles. The fraction of sp³-hybridized carbons (Fsp3) is 0.333. The van der Waals surface area contributed by atoms with E-state index >= 15 is 0 Å². The Morgan fingerprint density at radius 3 is 2.73 bits per heavy atom. The van der Waals surface area contributed by atoms with Crippen LogP contribution in [0.4, 0.5) is 0 Å². The molecule has 2 rings (SSSR count). The average Bonchev–Trinajstić information content (AvgIpc) is 2.47. The van der Waals surface area contributed by atoms with Crippen LogP contribution in [-0.2, 0) is 9.53 Å². The number of benzene rings is 1. The molecule has 7 heteroatoms. The van der Waals surface area contributed by atoms with Crippen LogP contribution in [0.5, 0.6) is 17.2 Å². The number of ether oxygens (including phenoxy) is 3. The Balaban J connectivity index is 2.22. The maximum atomic E-state index is 11.7. The molecular weight excluding hydrogens is 292 g/mol. The van der Waals surface area contributed by atoms with Crippen molar-refractivity contribution in [3.63, 3.8) is 0 Å². The number of hydrogen-bond donors (Lipinski definition) is 1. The first-order valence-electron chi connectivity index (χ1n) is 6.71. The summed E-state index contributed by atoms with van der Waals surface area (Å²) in [6, 6.07) is 4.63. The number of esters is 1. The Bertz CT molecular complexity index is 732. The van der Waals surface area contributed by atoms with Gasteiger partial charge in [-0.05, 0) is 19.1 Å². The van der Waals surface area contributed by atoms with Gasteiger partial charge in [-0.25, -0.2) is 4.79 Å². The number of hydrogen-bond acceptors (Lipinski definition) is 7. The Hall–Kier alpha value is -2.70. The van der Waals surface area contributed by atoms with E-state index in [2.05, 4.69) is 0 Å². The monoisotopic (exact) mass is 308 g/mol. The second-order valence-corrected chi connectivity index (χ2v) is 4.35. The highest BCUT2D eigenvalue weighted by Crippen LogP contribution is 2.33. The molecule has 0 saturated carbocycles. The average molecular weight is 308 g/mol. The Morgan fingerprint density at radius 2 is 2.05 bits per heavy atom. The van der Waals surface area contributed by atoms with Crippen LogP contribution in [-0.4, -0.2) is 30.9 Å². The summed E-state index contributed by atoms with van der Waals surface area (Å²) in [5.41, 5.74) is -0.583. The number of carbonyl (C=O) groups is 1. The van der Waals surface area contributed by atoms with Gasteiger partial charge in [0.05, 0.1) is 12.0 Å². The zero-order chi connectivity index (χ0) is 16.1. The summed E-state index contributed by atoms with van der Waals surface area (Å²) in [5, 5.41) is 10.4. The Kier molecular flexibility index (Phi) is 4.88. The standard InChI is InChI=1S/C15H16O7/c1-3-19-14-13(17)11-5-4-10(8-12(11)22-15(14)18)21-7-6-20-9(2)16/h4-5,8,17H,3,6-7H2,1-2H3. The number of fused-ring (bicyclic) bond motifs is 1. The van der Waals surface area contributed by atoms with Crippen molar-refractivity contribution >= 4 is 16.9 Å². The zero-order valence-corrected chi connectivity index (χ0v) is 12.3. The van der Waals surface area contributed by atoms with E-state index in [1.54, 1.807) is 19.1 Å². The maximum Gasteiger partial charge on any atom is 0.383 e. The molecule has 0 amide bonds. The molecule has 0 saturated heterocycles. The number of aromatic hydroxyl groups is 1. The first-order valence-corrected chi connectivity index (χ1v) is 6.71. The summed E-state index contributed by atoms with van der Waals surface area (Å²) in [6.07, 6.45) is 0. The van der Waals surface area contributed by atoms with Gasteiger partial charge in [0, 0.05) is 13.0 Å². The normalized spacial score (nSPS) is 10.5. The lowest BCUT2D eigenvalue weighted by Crippen LogP contribution is -2.09. The minimum Gasteiger partial charge on any atom is -0.504 e. The highest BCUT2D eigenvalue weighted by atomic mass is 16.6. The van der Waals surface area contributed by atoms with Crippen molar-refractivity contribution in [2.75, 3.05) is 19.8 Å². The van der Waals surface area contributed by atoms with Gasteiger partial charge >= 0.3 is 11.6 Å². The molecule has 1 N–H and O–H groups in total. The van der Waals surface area contributed by atoms with Crippen LogP contribution >= 0.6 is 0 Å². The van der Waals surface area contributed by atoms with Crippen molar-refractivity contribution in [3.05, 3.63) is 28.6 Å². The quantitative estimate of drug-likeness (QED) is 0.494. The van der Waals surface area contributed by atoms with E-state index in [4.69, 9.17) is 18.6 Å². The molecule has 0 fully saturated rings. The third-order valence-corrected chi connectivity index (χ3v) is 2.76. The minimum atomic E-state index is -0.760. The molecule has 0 aliphatic carbocycles. The van der Waals surface area contributed by atoms with Gasteiger partial charge in [-0.3, -0.25) is 4.79 Å². The molecule has 1 aromatic carbocycles. The SMILES string of the molecule is CCOc1c(O)c2ccc(OCCOC(C)=O)cc2oc1=O. The predicted molar refractivity (Wildman–Crippen MR) is 77.4 cm³/mol. The van der Waals surface area contributed by atoms with Crippen molar-refractivity contribution in [2.45, 2.75) is 13.8 Å². The van der Waals surface area contributed by atoms with E-state index in [-0.39, 0.29) is 42.9 Å². The summed E-state index contributed by atoms with van der Waals surface area (Å²) in [5.74, 6) is -0.439. The Labute approximate surface area is 126 Å². The van der Waals surface area contributed by atoms with Crippen LogP contribution in [0, 0.1) is 0 Å². The number of carbonyl (C=O) groups excluding carboxylic acids is 1. The smallest absolute Gasteiger partial charge is 0.383 e. The van der Waals surface area contributed by atoms with Crippen LogP contribution in [0.25, 0.3) is 11.0 Å². The first kappa shape index (κ1) is 15.7. The minimum absolute atomic E-state index is 0.117. The van der Waals surface area contributed by atoms with Crippen LogP contribution < -0.4 is 15.1 Å². The van der Waals surface area contributed by atoms with E-state index < -0.39 is 5.63 Å². The van der Waals surface area contributed by atoms with Gasteiger partial charge in [0.15, 0.2) is 5.75 Å². The van der Waals surface area contributed by atoms with Crippen molar-refractivity contribution < 1.29 is 28.5 Å². The van der Waals surface area contributed by atoms with Crippen LogP contribution in [0.2, 0.25) is 0 Å². The van der Waals surface area contributed by atoms with E-state index in [0.717, 1.165) is 0 Å². The second kappa shape index (κ2) is 6.84. The van der Waals surface area contributed by atoms with Gasteiger partial charge in [-0.2, -0.15) is 0 Å². The van der Waals surface area contributed by atoms with Gasteiger partial charge in [-0.15, -0.1) is 0 Å². The molecule has 0 unspecified atom stereocenters. The molecule has 0 radical (unpaired) electrons. The lowest BCUT2D eigenvalue weighted by molar-refractivity contribution is -0.141. The molecule has 0 spiro atoms. The first-order chi connectivity index (χ1) is 10.5. The van der Waals surface area contributed by atoms with Crippen molar-refractivity contribution in [3.8, 4) is 17.2 Å². The lowest BCUT2D eigenvalue weighted by atomic mass is 10.2. The van der Waals surface area contributed by atoms with Crippen molar-refractivity contribution in [2.24, 2.45) is 0 Å². The molecule has 0 aliphatic rings. The van der Waals surface area contributed by atoms with Gasteiger partial charge in [0.25, 0.3) is 0 Å². The van der Waals surface area contributed by atoms with Crippen LogP contribution in [0.1, 0.15) is 13.8 Å². The fourth-order valence-corrected chi connectivity index (χ4v) is 1.85. The van der Waals surface area contributed by atoms with Gasteiger partial charge in [0.1, 0.15) is 24.5 Å². The van der Waals surface area contributed by atoms with Crippen LogP contribution in [0.15, 0.2) is 27.4 Å². The summed E-state index contributed by atoms with van der Waals surface area (Å²) < 4.78 is 20.3. The summed E-state index contributed by atoms with van der Waals surface area (Å²) in [7, 11) is 0. The maximum absolute atomic E-state index is 11.7. The summed E-state index contributed by atoms with van der Waals surface area (Å²) >= 11 is 0. The van der Waals surface area contributed by atoms with Gasteiger partial charge in [-0.1, -0.05) is 0 Å². The molecule has 118 valence electrons. The van der Waals surface area contributed by atoms with Crippen molar-refractivity contribution in [1.82, 2.24) is 0 Å². The lowest BCUT2D eigenvalue weighted by Gasteiger charge is -2.09. The van der Waals surface area contributed by atoms with Crippen molar-refractivity contribution in [1.29, 1.82) is 0 Å². The van der Waals surface area contributed by atoms with Gasteiger partial charge < -0.3 is 23.7 Å². The van der Waals surface area contributed by atoms with E-state index in [1.165, 1.54) is 13.0 Å². The molecule has 1 heterocycles. The fourth-order valence-electron chi connectivity index (χ4n) is 1.85. The Morgan fingerprint density at radius 1 is 1.27 bits per heavy atom. The van der Waals surface area contributed by atoms with E-state index in [1.807, 2.05) is 0 Å². The second-order valence-electron chi connectivity index (χ2n) is 4.35. The van der Waals surface area contributed by atoms with E-state index in [0.29, 0.717) is 11.1 Å². The molecule has 1 aromatic heterocycles.